The average molecular weight is 270 g/mol. The molecule has 1 aliphatic carbocycles. The van der Waals surface area contributed by atoms with Crippen molar-refractivity contribution in [2.24, 2.45) is 5.92 Å². The Hall–Kier alpha value is -0.540. The summed E-state index contributed by atoms with van der Waals surface area (Å²) in [4.78, 5) is 14.7. The minimum Gasteiger partial charge on any atom is -0.377 e. The van der Waals surface area contributed by atoms with Gasteiger partial charge in [0.1, 0.15) is 0 Å². The number of ether oxygens (including phenoxy) is 1. The summed E-state index contributed by atoms with van der Waals surface area (Å²) in [5.74, 6) is 0.688. The van der Waals surface area contributed by atoms with Crippen LogP contribution in [0.2, 0.25) is 0 Å². The molecule has 2 aliphatic heterocycles. The van der Waals surface area contributed by atoms with E-state index < -0.39 is 0 Å². The highest BCUT2D eigenvalue weighted by molar-refractivity contribution is 6.22. The van der Waals surface area contributed by atoms with Gasteiger partial charge in [-0.15, -0.1) is 11.6 Å². The van der Waals surface area contributed by atoms with Crippen molar-refractivity contribution < 1.29 is 9.53 Å². The van der Waals surface area contributed by atoms with E-state index in [2.05, 4.69) is 11.8 Å². The van der Waals surface area contributed by atoms with E-state index in [1.165, 1.54) is 0 Å². The van der Waals surface area contributed by atoms with Crippen LogP contribution in [0, 0.1) is 5.92 Å². The van der Waals surface area contributed by atoms with Crippen LogP contribution in [0.1, 0.15) is 32.6 Å². The third-order valence-corrected chi connectivity index (χ3v) is 5.08. The Labute approximate surface area is 113 Å². The molecule has 4 atom stereocenters. The lowest BCUT2D eigenvalue weighted by molar-refractivity contribution is -0.137. The van der Waals surface area contributed by atoms with E-state index in [0.717, 1.165) is 31.3 Å². The van der Waals surface area contributed by atoms with Crippen LogP contribution in [0.5, 0.6) is 0 Å². The third-order valence-electron chi connectivity index (χ3n) is 4.52. The van der Waals surface area contributed by atoms with Crippen molar-refractivity contribution in [3.05, 3.63) is 11.6 Å². The number of alkyl halides is 1. The van der Waals surface area contributed by atoms with Crippen LogP contribution in [0.25, 0.3) is 0 Å². The van der Waals surface area contributed by atoms with Crippen molar-refractivity contribution in [1.82, 2.24) is 4.90 Å². The van der Waals surface area contributed by atoms with Gasteiger partial charge in [0, 0.05) is 5.57 Å². The fraction of sp³-hybridized carbons (Fsp3) is 0.786. The minimum absolute atomic E-state index is 0.0105. The van der Waals surface area contributed by atoms with E-state index in [4.69, 9.17) is 16.3 Å². The first kappa shape index (κ1) is 12.5. The lowest BCUT2D eigenvalue weighted by atomic mass is 9.90. The second-order valence-corrected chi connectivity index (χ2v) is 6.29. The van der Waals surface area contributed by atoms with E-state index in [9.17, 15) is 4.79 Å². The average Bonchev–Trinajstić information content (AvgIpc) is 2.61. The molecule has 3 nitrogen and oxygen atoms in total. The van der Waals surface area contributed by atoms with Crippen molar-refractivity contribution in [2.75, 3.05) is 13.2 Å². The molecule has 1 amide bonds. The first-order chi connectivity index (χ1) is 8.66. The van der Waals surface area contributed by atoms with Gasteiger partial charge in [0.25, 0.3) is 0 Å². The second-order valence-electron chi connectivity index (χ2n) is 5.79. The molecule has 0 N–H and O–H groups in total. The smallest absolute Gasteiger partial charge is 0.250 e. The van der Waals surface area contributed by atoms with Crippen LogP contribution in [0.3, 0.4) is 0 Å². The zero-order valence-electron chi connectivity index (χ0n) is 10.8. The Morgan fingerprint density at radius 3 is 2.61 bits per heavy atom. The second kappa shape index (κ2) is 4.86. The van der Waals surface area contributed by atoms with Crippen LogP contribution in [-0.4, -0.2) is 41.5 Å². The molecule has 2 fully saturated rings. The normalized spacial score (nSPS) is 39.7. The number of carbonyl (C=O) groups excluding carboxylic acids is 1. The van der Waals surface area contributed by atoms with Gasteiger partial charge in [-0.05, 0) is 31.6 Å². The Bertz CT molecular complexity index is 366. The summed E-state index contributed by atoms with van der Waals surface area (Å²) in [5.41, 5.74) is 0.923. The molecule has 0 saturated carbocycles. The Kier molecular flexibility index (Phi) is 3.37. The predicted molar refractivity (Wildman–Crippen MR) is 70.6 cm³/mol. The molecular formula is C14H20ClNO2. The van der Waals surface area contributed by atoms with Crippen LogP contribution in [0.15, 0.2) is 11.6 Å². The molecule has 100 valence electrons. The maximum Gasteiger partial charge on any atom is 0.250 e. The van der Waals surface area contributed by atoms with Crippen LogP contribution < -0.4 is 0 Å². The molecule has 4 unspecified atom stereocenters. The molecule has 0 aromatic heterocycles. The molecule has 0 radical (unpaired) electrons. The summed E-state index contributed by atoms with van der Waals surface area (Å²) in [6.45, 7) is 3.56. The summed E-state index contributed by atoms with van der Waals surface area (Å²) in [7, 11) is 0. The monoisotopic (exact) mass is 269 g/mol. The zero-order chi connectivity index (χ0) is 12.7. The van der Waals surface area contributed by atoms with Gasteiger partial charge in [-0.2, -0.15) is 0 Å². The quantitative estimate of drug-likeness (QED) is 0.684. The number of nitrogens with zero attached hydrogens (tertiary/aromatic N) is 1. The third kappa shape index (κ3) is 2.08. The number of morpholine rings is 1. The Morgan fingerprint density at radius 1 is 1.33 bits per heavy atom. The fourth-order valence-electron chi connectivity index (χ4n) is 3.29. The summed E-state index contributed by atoms with van der Waals surface area (Å²) in [6, 6.07) is 0.593. The summed E-state index contributed by atoms with van der Waals surface area (Å²) >= 11 is 6.26. The highest BCUT2D eigenvalue weighted by atomic mass is 35.5. The van der Waals surface area contributed by atoms with Gasteiger partial charge in [-0.3, -0.25) is 4.79 Å². The van der Waals surface area contributed by atoms with Crippen molar-refractivity contribution in [3.63, 3.8) is 0 Å². The van der Waals surface area contributed by atoms with E-state index in [0.29, 0.717) is 31.2 Å². The first-order valence-corrected chi connectivity index (χ1v) is 7.35. The molecule has 0 spiro atoms. The Morgan fingerprint density at radius 2 is 2.00 bits per heavy atom. The van der Waals surface area contributed by atoms with Crippen LogP contribution >= 0.6 is 11.6 Å². The zero-order valence-corrected chi connectivity index (χ0v) is 11.5. The maximum absolute atomic E-state index is 12.6. The first-order valence-electron chi connectivity index (χ1n) is 6.92. The number of rotatable bonds is 1. The number of hydrogen-bond acceptors (Lipinski definition) is 2. The fourth-order valence-corrected chi connectivity index (χ4v) is 3.56. The number of amides is 1. The maximum atomic E-state index is 12.6. The van der Waals surface area contributed by atoms with Gasteiger partial charge in [-0.1, -0.05) is 13.0 Å². The van der Waals surface area contributed by atoms with Gasteiger partial charge >= 0.3 is 0 Å². The molecule has 3 rings (SSSR count). The number of halogens is 1. The lowest BCUT2D eigenvalue weighted by Gasteiger charge is -2.36. The minimum atomic E-state index is 0.0105. The molecule has 2 bridgehead atoms. The summed E-state index contributed by atoms with van der Waals surface area (Å²) in [5, 5.41) is 0.0105. The number of allylic oxidation sites excluding steroid dienone is 1. The van der Waals surface area contributed by atoms with Gasteiger partial charge in [0.05, 0.1) is 30.7 Å². The van der Waals surface area contributed by atoms with Crippen LogP contribution in [0.4, 0.5) is 0 Å². The highest BCUT2D eigenvalue weighted by Gasteiger charge is 2.41. The highest BCUT2D eigenvalue weighted by Crippen LogP contribution is 2.33. The number of hydrogen-bond donors (Lipinski definition) is 0. The van der Waals surface area contributed by atoms with Gasteiger partial charge in [0.2, 0.25) is 5.91 Å². The van der Waals surface area contributed by atoms with E-state index in [1.54, 1.807) is 0 Å². The van der Waals surface area contributed by atoms with Crippen molar-refractivity contribution in [2.45, 2.75) is 50.1 Å². The van der Waals surface area contributed by atoms with Gasteiger partial charge in [0.15, 0.2) is 0 Å². The van der Waals surface area contributed by atoms with E-state index >= 15 is 0 Å². The molecular weight excluding hydrogens is 250 g/mol. The lowest BCUT2D eigenvalue weighted by Crippen LogP contribution is -2.49. The molecule has 3 aliphatic rings. The van der Waals surface area contributed by atoms with Crippen molar-refractivity contribution in [1.29, 1.82) is 0 Å². The topological polar surface area (TPSA) is 29.5 Å². The van der Waals surface area contributed by atoms with Crippen molar-refractivity contribution >= 4 is 17.5 Å². The molecule has 0 aromatic carbocycles. The SMILES string of the molecule is CC1CCC(C(=O)N2C3CCC2COC3)=CC1Cl. The molecule has 2 saturated heterocycles. The van der Waals surface area contributed by atoms with E-state index in [1.807, 2.05) is 6.08 Å². The Balaban J connectivity index is 1.77. The van der Waals surface area contributed by atoms with Gasteiger partial charge in [-0.25, -0.2) is 0 Å². The van der Waals surface area contributed by atoms with Crippen molar-refractivity contribution in [3.8, 4) is 0 Å². The summed E-state index contributed by atoms with van der Waals surface area (Å²) in [6.07, 6.45) is 6.05. The molecule has 4 heteroatoms. The predicted octanol–water partition coefficient (Wildman–Crippen LogP) is 2.34. The molecule has 2 heterocycles. The van der Waals surface area contributed by atoms with Crippen LogP contribution in [-0.2, 0) is 9.53 Å². The largest absolute Gasteiger partial charge is 0.377 e. The summed E-state index contributed by atoms with van der Waals surface area (Å²) < 4.78 is 5.52. The number of fused-ring (bicyclic) bond motifs is 2. The molecule has 18 heavy (non-hydrogen) atoms. The van der Waals surface area contributed by atoms with Gasteiger partial charge < -0.3 is 9.64 Å². The standard InChI is InChI=1S/C14H20ClNO2/c1-9-2-3-10(6-13(9)15)14(17)16-11-4-5-12(16)8-18-7-11/h6,9,11-13H,2-5,7-8H2,1H3. The molecule has 0 aromatic rings. The number of carbonyl (C=O) groups is 1. The van der Waals surface area contributed by atoms with E-state index in [-0.39, 0.29) is 11.3 Å².